The average Bonchev–Trinajstić information content (AvgIpc) is 3.05. The summed E-state index contributed by atoms with van der Waals surface area (Å²) in [7, 11) is 0. The van der Waals surface area contributed by atoms with E-state index in [9.17, 15) is 9.59 Å². The molecule has 1 aromatic heterocycles. The summed E-state index contributed by atoms with van der Waals surface area (Å²) in [6.45, 7) is 2.22. The first kappa shape index (κ1) is 18.8. The molecule has 1 fully saturated rings. The van der Waals surface area contributed by atoms with Gasteiger partial charge in [0.15, 0.2) is 5.11 Å². The Balaban J connectivity index is 1.84. The molecular formula is C19H18N2O5S. The molecule has 0 unspecified atom stereocenters. The molecule has 3 rings (SSSR count). The molecule has 1 aliphatic rings. The number of benzene rings is 1. The molecule has 2 aromatic rings. The van der Waals surface area contributed by atoms with Crippen molar-refractivity contribution in [3.05, 3.63) is 53.5 Å². The van der Waals surface area contributed by atoms with Crippen LogP contribution < -0.4 is 15.0 Å². The quantitative estimate of drug-likeness (QED) is 0.342. The molecule has 2 heterocycles. The van der Waals surface area contributed by atoms with Crippen LogP contribution in [0.5, 0.6) is 5.75 Å². The zero-order valence-corrected chi connectivity index (χ0v) is 15.4. The summed E-state index contributed by atoms with van der Waals surface area (Å²) in [6, 6.07) is 10.2. The standard InChI is InChI=1S/C19H18N2O5S/c1-12-3-6-15(26-12)11-16-17(23)20-19(27)21(18(16)24)13-4-7-14(8-5-13)25-10-2-9-22/h3-8,11,22H,2,9-10H2,1H3,(H,20,23,27)/b16-11-. The lowest BCUT2D eigenvalue weighted by Gasteiger charge is -2.28. The third-order valence-corrected chi connectivity index (χ3v) is 4.10. The summed E-state index contributed by atoms with van der Waals surface area (Å²) in [5.74, 6) is 0.584. The monoisotopic (exact) mass is 386 g/mol. The lowest BCUT2D eigenvalue weighted by Crippen LogP contribution is -2.54. The van der Waals surface area contributed by atoms with Gasteiger partial charge in [0.2, 0.25) is 0 Å². The smallest absolute Gasteiger partial charge is 0.270 e. The number of nitrogens with zero attached hydrogens (tertiary/aromatic N) is 1. The number of aliphatic hydroxyl groups is 1. The zero-order valence-electron chi connectivity index (χ0n) is 14.6. The van der Waals surface area contributed by atoms with E-state index in [0.29, 0.717) is 36.0 Å². The molecule has 0 aliphatic carbocycles. The summed E-state index contributed by atoms with van der Waals surface area (Å²) >= 11 is 5.17. The summed E-state index contributed by atoms with van der Waals surface area (Å²) in [4.78, 5) is 26.3. The lowest BCUT2D eigenvalue weighted by atomic mass is 10.1. The Kier molecular flexibility index (Phi) is 5.68. The topological polar surface area (TPSA) is 92.0 Å². The number of aryl methyl sites for hydroxylation is 1. The fraction of sp³-hybridized carbons (Fsp3) is 0.211. The normalized spacial score (nSPS) is 16.0. The molecule has 2 amide bonds. The van der Waals surface area contributed by atoms with Crippen LogP contribution in [0, 0.1) is 6.92 Å². The Labute approximate surface area is 161 Å². The molecule has 7 nitrogen and oxygen atoms in total. The molecule has 0 radical (unpaired) electrons. The summed E-state index contributed by atoms with van der Waals surface area (Å²) in [5, 5.41) is 11.3. The first-order valence-corrected chi connectivity index (χ1v) is 8.72. The number of anilines is 1. The van der Waals surface area contributed by atoms with Crippen molar-refractivity contribution in [2.75, 3.05) is 18.1 Å². The highest BCUT2D eigenvalue weighted by atomic mass is 32.1. The van der Waals surface area contributed by atoms with Crippen molar-refractivity contribution in [2.24, 2.45) is 0 Å². The summed E-state index contributed by atoms with van der Waals surface area (Å²) in [5.41, 5.74) is 0.433. The maximum Gasteiger partial charge on any atom is 0.270 e. The molecule has 0 spiro atoms. The van der Waals surface area contributed by atoms with E-state index in [1.54, 1.807) is 43.3 Å². The first-order chi connectivity index (χ1) is 13.0. The Morgan fingerprint density at radius 1 is 1.22 bits per heavy atom. The number of thiocarbonyl (C=S) groups is 1. The number of furan rings is 1. The van der Waals surface area contributed by atoms with E-state index >= 15 is 0 Å². The Bertz CT molecular complexity index is 901. The predicted octanol–water partition coefficient (Wildman–Crippen LogP) is 2.18. The van der Waals surface area contributed by atoms with Gasteiger partial charge in [-0.3, -0.25) is 19.8 Å². The fourth-order valence-electron chi connectivity index (χ4n) is 2.51. The molecule has 0 bridgehead atoms. The van der Waals surface area contributed by atoms with Gasteiger partial charge in [0.1, 0.15) is 22.8 Å². The van der Waals surface area contributed by atoms with Crippen molar-refractivity contribution in [2.45, 2.75) is 13.3 Å². The highest BCUT2D eigenvalue weighted by Gasteiger charge is 2.34. The number of carbonyl (C=O) groups is 2. The largest absolute Gasteiger partial charge is 0.494 e. The minimum absolute atomic E-state index is 0.00623. The van der Waals surface area contributed by atoms with Crippen molar-refractivity contribution in [3.8, 4) is 5.75 Å². The van der Waals surface area contributed by atoms with E-state index < -0.39 is 11.8 Å². The fourth-order valence-corrected chi connectivity index (χ4v) is 2.79. The SMILES string of the molecule is Cc1ccc(/C=C2/C(=O)NC(=S)N(c3ccc(OCCCO)cc3)C2=O)o1. The van der Waals surface area contributed by atoms with Crippen molar-refractivity contribution < 1.29 is 23.8 Å². The van der Waals surface area contributed by atoms with Gasteiger partial charge in [-0.15, -0.1) is 0 Å². The number of hydrogen-bond donors (Lipinski definition) is 2. The van der Waals surface area contributed by atoms with Gasteiger partial charge in [-0.25, -0.2) is 0 Å². The lowest BCUT2D eigenvalue weighted by molar-refractivity contribution is -0.122. The number of rotatable bonds is 6. The van der Waals surface area contributed by atoms with Crippen LogP contribution in [0.1, 0.15) is 17.9 Å². The van der Waals surface area contributed by atoms with E-state index in [4.69, 9.17) is 26.5 Å². The van der Waals surface area contributed by atoms with Crippen LogP contribution in [0.25, 0.3) is 6.08 Å². The third kappa shape index (κ3) is 4.24. The van der Waals surface area contributed by atoms with Crippen molar-refractivity contribution in [1.29, 1.82) is 0 Å². The number of aliphatic hydroxyl groups excluding tert-OH is 1. The molecule has 1 saturated heterocycles. The van der Waals surface area contributed by atoms with Crippen LogP contribution in [0.2, 0.25) is 0 Å². The second kappa shape index (κ2) is 8.15. The highest BCUT2D eigenvalue weighted by Crippen LogP contribution is 2.24. The Morgan fingerprint density at radius 3 is 2.59 bits per heavy atom. The first-order valence-electron chi connectivity index (χ1n) is 8.31. The van der Waals surface area contributed by atoms with Crippen molar-refractivity contribution in [1.82, 2.24) is 5.32 Å². The van der Waals surface area contributed by atoms with Crippen LogP contribution in [-0.4, -0.2) is 35.2 Å². The minimum Gasteiger partial charge on any atom is -0.494 e. The van der Waals surface area contributed by atoms with Gasteiger partial charge < -0.3 is 14.3 Å². The van der Waals surface area contributed by atoms with E-state index in [0.717, 1.165) is 0 Å². The van der Waals surface area contributed by atoms with Crippen LogP contribution in [-0.2, 0) is 9.59 Å². The molecule has 140 valence electrons. The molecule has 2 N–H and O–H groups in total. The number of amides is 2. The summed E-state index contributed by atoms with van der Waals surface area (Å²) in [6.07, 6.45) is 1.93. The van der Waals surface area contributed by atoms with E-state index in [2.05, 4.69) is 5.32 Å². The van der Waals surface area contributed by atoms with Crippen molar-refractivity contribution in [3.63, 3.8) is 0 Å². The third-order valence-electron chi connectivity index (χ3n) is 3.82. The van der Waals surface area contributed by atoms with Gasteiger partial charge in [0.25, 0.3) is 11.8 Å². The number of carbonyl (C=O) groups excluding carboxylic acids is 2. The van der Waals surface area contributed by atoms with Gasteiger partial charge in [-0.1, -0.05) is 0 Å². The van der Waals surface area contributed by atoms with Crippen LogP contribution in [0.15, 0.2) is 46.4 Å². The van der Waals surface area contributed by atoms with Crippen LogP contribution >= 0.6 is 12.2 Å². The van der Waals surface area contributed by atoms with Gasteiger partial charge in [0.05, 0.1) is 12.3 Å². The molecule has 0 saturated carbocycles. The predicted molar refractivity (Wildman–Crippen MR) is 103 cm³/mol. The molecule has 1 aromatic carbocycles. The second-order valence-corrected chi connectivity index (χ2v) is 6.21. The molecular weight excluding hydrogens is 368 g/mol. The van der Waals surface area contributed by atoms with Gasteiger partial charge in [-0.05, 0) is 61.6 Å². The second-order valence-electron chi connectivity index (χ2n) is 5.83. The van der Waals surface area contributed by atoms with Gasteiger partial charge in [0, 0.05) is 13.0 Å². The number of ether oxygens (including phenoxy) is 1. The molecule has 27 heavy (non-hydrogen) atoms. The molecule has 8 heteroatoms. The Hall–Kier alpha value is -2.97. The average molecular weight is 386 g/mol. The van der Waals surface area contributed by atoms with Crippen LogP contribution in [0.3, 0.4) is 0 Å². The number of hydrogen-bond acceptors (Lipinski definition) is 6. The maximum atomic E-state index is 12.9. The van der Waals surface area contributed by atoms with E-state index in [-0.39, 0.29) is 17.3 Å². The maximum absolute atomic E-state index is 12.9. The van der Waals surface area contributed by atoms with Crippen molar-refractivity contribution >= 4 is 40.9 Å². The number of nitrogens with one attached hydrogen (secondary N) is 1. The van der Waals surface area contributed by atoms with E-state index in [1.807, 2.05) is 0 Å². The highest BCUT2D eigenvalue weighted by molar-refractivity contribution is 7.80. The Morgan fingerprint density at radius 2 is 1.96 bits per heavy atom. The van der Waals surface area contributed by atoms with E-state index in [1.165, 1.54) is 11.0 Å². The minimum atomic E-state index is -0.570. The van der Waals surface area contributed by atoms with Gasteiger partial charge >= 0.3 is 0 Å². The summed E-state index contributed by atoms with van der Waals surface area (Å²) < 4.78 is 10.9. The molecule has 1 aliphatic heterocycles. The molecule has 0 atom stereocenters. The van der Waals surface area contributed by atoms with Gasteiger partial charge in [-0.2, -0.15) is 0 Å². The zero-order chi connectivity index (χ0) is 19.4. The van der Waals surface area contributed by atoms with Crippen LogP contribution in [0.4, 0.5) is 5.69 Å².